The molecule has 3 nitrogen and oxygen atoms in total. The van der Waals surface area contributed by atoms with E-state index < -0.39 is 0 Å². The highest BCUT2D eigenvalue weighted by Crippen LogP contribution is 2.28. The van der Waals surface area contributed by atoms with Crippen LogP contribution in [0.2, 0.25) is 0 Å². The van der Waals surface area contributed by atoms with Gasteiger partial charge in [0, 0.05) is 45.0 Å². The number of hydrogen-bond donors (Lipinski definition) is 0. The average Bonchev–Trinajstić information content (AvgIpc) is 3.76. The zero-order chi connectivity index (χ0) is 48.8. The summed E-state index contributed by atoms with van der Waals surface area (Å²) in [6.45, 7) is 14.1. The van der Waals surface area contributed by atoms with Crippen molar-refractivity contribution < 1.29 is 0 Å². The summed E-state index contributed by atoms with van der Waals surface area (Å²) in [5.41, 5.74) is 1.46. The molecule has 0 saturated carbocycles. The highest BCUT2D eigenvalue weighted by Gasteiger charge is 2.21. The van der Waals surface area contributed by atoms with Gasteiger partial charge < -0.3 is 4.57 Å². The minimum Gasteiger partial charge on any atom is -0.338 e. The first-order chi connectivity index (χ1) is 33.4. The molecule has 0 radical (unpaired) electrons. The van der Waals surface area contributed by atoms with E-state index in [0.717, 1.165) is 37.3 Å². The quantitative estimate of drug-likeness (QED) is 0.0616. The Labute approximate surface area is 427 Å². The lowest BCUT2D eigenvalue weighted by Gasteiger charge is -2.33. The lowest BCUT2D eigenvalue weighted by molar-refractivity contribution is 0.157. The largest absolute Gasteiger partial charge is 0.338 e. The molecule has 0 N–H and O–H groups in total. The van der Waals surface area contributed by atoms with Crippen molar-refractivity contribution in [1.29, 1.82) is 0 Å². The summed E-state index contributed by atoms with van der Waals surface area (Å²) < 4.78 is 2.23. The molecule has 1 heterocycles. The van der Waals surface area contributed by atoms with Crippen molar-refractivity contribution in [1.82, 2.24) is 14.5 Å². The molecule has 2 unspecified atom stereocenters. The van der Waals surface area contributed by atoms with E-state index in [1.807, 2.05) is 6.20 Å². The predicted molar refractivity (Wildman–Crippen MR) is 305 cm³/mol. The summed E-state index contributed by atoms with van der Waals surface area (Å²) in [5.74, 6) is 3.79. The van der Waals surface area contributed by atoms with Crippen molar-refractivity contribution >= 4 is 0 Å². The van der Waals surface area contributed by atoms with Crippen LogP contribution in [0.15, 0.2) is 42.7 Å². The van der Waals surface area contributed by atoms with Gasteiger partial charge in [-0.3, -0.25) is 4.90 Å². The second kappa shape index (κ2) is 46.5. The fourth-order valence-electron chi connectivity index (χ4n) is 11.3. The van der Waals surface area contributed by atoms with Gasteiger partial charge in [0.15, 0.2) is 0 Å². The second-order valence-electron chi connectivity index (χ2n) is 23.2. The number of benzene rings is 1. The van der Waals surface area contributed by atoms with Gasteiger partial charge in [-0.15, -0.1) is 0 Å². The van der Waals surface area contributed by atoms with Gasteiger partial charge >= 0.3 is 0 Å². The van der Waals surface area contributed by atoms with Crippen molar-refractivity contribution in [2.75, 3.05) is 6.54 Å². The van der Waals surface area contributed by atoms with Gasteiger partial charge in [-0.2, -0.15) is 0 Å². The molecular formula is C65H121N3. The van der Waals surface area contributed by atoms with Crippen LogP contribution in [0.1, 0.15) is 322 Å². The molecule has 0 spiro atoms. The fraction of sp³-hybridized carbons (Fsp3) is 0.862. The van der Waals surface area contributed by atoms with E-state index in [2.05, 4.69) is 87.7 Å². The van der Waals surface area contributed by atoms with Crippen LogP contribution in [0.4, 0.5) is 0 Å². The van der Waals surface area contributed by atoms with Crippen LogP contribution < -0.4 is 0 Å². The standard InChI is InChI=1S/C65H121N3/c1-7-9-11-13-15-17-19-21-23-25-27-29-31-33-35-38-47-62(48-39-36-34-32-30-28-26-24-22-20-18-16-14-12-10-8-2)49-42-43-52-64(54-53-61(5)46-44-45-60(3)4)68(59-63-50-40-37-41-51-63)57-55-65-66-56-58-67(65)6/h37,40-41,50-51,56,58,60-62,64H,7-36,38-39,42-49,52-55,57,59H2,1-6H3. The Balaban J connectivity index is 1.86. The van der Waals surface area contributed by atoms with Gasteiger partial charge in [-0.1, -0.05) is 322 Å². The molecule has 0 amide bonds. The fourth-order valence-corrected chi connectivity index (χ4v) is 11.3. The van der Waals surface area contributed by atoms with Crippen molar-refractivity contribution in [3.8, 4) is 0 Å². The number of unbranched alkanes of at least 4 members (excludes halogenated alkanes) is 31. The number of hydrogen-bond acceptors (Lipinski definition) is 2. The lowest BCUT2D eigenvalue weighted by Crippen LogP contribution is -2.37. The molecule has 3 heteroatoms. The van der Waals surface area contributed by atoms with Crippen LogP contribution in [0, 0.1) is 17.8 Å². The highest BCUT2D eigenvalue weighted by molar-refractivity contribution is 5.14. The zero-order valence-electron chi connectivity index (χ0n) is 47.2. The summed E-state index contributed by atoms with van der Waals surface area (Å²) in [6.07, 6.45) is 67.3. The Bertz CT molecular complexity index is 1250. The molecule has 1 aromatic carbocycles. The number of aromatic nitrogens is 2. The van der Waals surface area contributed by atoms with E-state index in [1.165, 1.54) is 287 Å². The number of aryl methyl sites for hydroxylation is 1. The van der Waals surface area contributed by atoms with Crippen molar-refractivity contribution in [3.63, 3.8) is 0 Å². The van der Waals surface area contributed by atoms with Gasteiger partial charge in [-0.25, -0.2) is 4.98 Å². The molecule has 0 bridgehead atoms. The molecule has 0 fully saturated rings. The Hall–Kier alpha value is -1.61. The second-order valence-corrected chi connectivity index (χ2v) is 23.2. The Kier molecular flexibility index (Phi) is 42.7. The molecule has 0 aliphatic heterocycles. The number of rotatable bonds is 52. The van der Waals surface area contributed by atoms with Gasteiger partial charge in [0.05, 0.1) is 0 Å². The van der Waals surface area contributed by atoms with Crippen LogP contribution in [-0.4, -0.2) is 27.0 Å². The van der Waals surface area contributed by atoms with Gasteiger partial charge in [0.25, 0.3) is 0 Å². The summed E-state index contributed by atoms with van der Waals surface area (Å²) in [4.78, 5) is 7.62. The van der Waals surface area contributed by atoms with Crippen molar-refractivity contribution in [3.05, 3.63) is 54.1 Å². The maximum Gasteiger partial charge on any atom is 0.109 e. The van der Waals surface area contributed by atoms with Crippen LogP contribution in [0.25, 0.3) is 0 Å². The molecule has 68 heavy (non-hydrogen) atoms. The monoisotopic (exact) mass is 944 g/mol. The first kappa shape index (κ1) is 62.5. The summed E-state index contributed by atoms with van der Waals surface area (Å²) in [5, 5.41) is 0. The topological polar surface area (TPSA) is 21.1 Å². The summed E-state index contributed by atoms with van der Waals surface area (Å²) >= 11 is 0. The minimum absolute atomic E-state index is 0.641. The van der Waals surface area contributed by atoms with Gasteiger partial charge in [-0.05, 0) is 42.6 Å². The zero-order valence-corrected chi connectivity index (χ0v) is 47.2. The number of imidazole rings is 1. The van der Waals surface area contributed by atoms with Crippen molar-refractivity contribution in [2.24, 2.45) is 24.8 Å². The number of nitrogens with zero attached hydrogens (tertiary/aromatic N) is 3. The third kappa shape index (κ3) is 37.2. The molecular weight excluding hydrogens is 823 g/mol. The maximum absolute atomic E-state index is 4.75. The molecule has 1 aromatic heterocycles. The third-order valence-electron chi connectivity index (χ3n) is 16.1. The predicted octanol–water partition coefficient (Wildman–Crippen LogP) is 21.6. The molecule has 0 aliphatic carbocycles. The van der Waals surface area contributed by atoms with E-state index in [9.17, 15) is 0 Å². The smallest absolute Gasteiger partial charge is 0.109 e. The van der Waals surface area contributed by atoms with Crippen LogP contribution in [0.3, 0.4) is 0 Å². The van der Waals surface area contributed by atoms with Crippen LogP contribution in [-0.2, 0) is 20.0 Å². The average molecular weight is 945 g/mol. The molecule has 396 valence electrons. The molecule has 0 aliphatic rings. The Morgan fingerprint density at radius 1 is 0.441 bits per heavy atom. The van der Waals surface area contributed by atoms with Crippen LogP contribution >= 0.6 is 0 Å². The third-order valence-corrected chi connectivity index (χ3v) is 16.1. The first-order valence-electron chi connectivity index (χ1n) is 31.2. The van der Waals surface area contributed by atoms with E-state index in [1.54, 1.807) is 0 Å². The SMILES string of the molecule is CCCCCCCCCCCCCCCCCCC(CCCCCCCCCCCCCCCCCC)CCCCC(CCC(C)CCCC(C)C)N(CCc1nccn1C)Cc1ccccc1. The summed E-state index contributed by atoms with van der Waals surface area (Å²) in [7, 11) is 2.16. The molecule has 2 aromatic rings. The molecule has 0 saturated heterocycles. The lowest BCUT2D eigenvalue weighted by atomic mass is 9.88. The van der Waals surface area contributed by atoms with E-state index in [4.69, 9.17) is 4.98 Å². The molecule has 2 rings (SSSR count). The highest BCUT2D eigenvalue weighted by atomic mass is 15.2. The Morgan fingerprint density at radius 2 is 0.853 bits per heavy atom. The van der Waals surface area contributed by atoms with Gasteiger partial charge in [0.2, 0.25) is 0 Å². The Morgan fingerprint density at radius 3 is 1.26 bits per heavy atom. The normalized spacial score (nSPS) is 12.9. The maximum atomic E-state index is 4.75. The van der Waals surface area contributed by atoms with Gasteiger partial charge in [0.1, 0.15) is 5.82 Å². The van der Waals surface area contributed by atoms with E-state index in [-0.39, 0.29) is 0 Å². The van der Waals surface area contributed by atoms with E-state index >= 15 is 0 Å². The van der Waals surface area contributed by atoms with Crippen LogP contribution in [0.5, 0.6) is 0 Å². The molecule has 2 atom stereocenters. The summed E-state index contributed by atoms with van der Waals surface area (Å²) in [6, 6.07) is 12.0. The minimum atomic E-state index is 0.641. The van der Waals surface area contributed by atoms with E-state index in [0.29, 0.717) is 6.04 Å². The first-order valence-corrected chi connectivity index (χ1v) is 31.2. The van der Waals surface area contributed by atoms with Crippen molar-refractivity contribution in [2.45, 2.75) is 330 Å².